The predicted octanol–water partition coefficient (Wildman–Crippen LogP) is 8.28. The second-order valence-electron chi connectivity index (χ2n) is 12.6. The van der Waals surface area contributed by atoms with Gasteiger partial charge >= 0.3 is 19.8 Å². The van der Waals surface area contributed by atoms with E-state index in [1.165, 1.54) is 19.3 Å². The second-order valence-corrected chi connectivity index (χ2v) is 14.0. The van der Waals surface area contributed by atoms with E-state index in [0.29, 0.717) is 12.8 Å². The molecule has 0 aromatic heterocycles. The van der Waals surface area contributed by atoms with Crippen molar-refractivity contribution in [3.05, 3.63) is 12.2 Å². The highest BCUT2D eigenvalue weighted by molar-refractivity contribution is 7.47. The molecule has 13 nitrogen and oxygen atoms in total. The molecule has 0 radical (unpaired) electrons. The van der Waals surface area contributed by atoms with E-state index in [4.69, 9.17) is 61.0 Å². The monoisotopic (exact) mass is 868 g/mol. The van der Waals surface area contributed by atoms with Gasteiger partial charge in [0.25, 0.3) is 0 Å². The summed E-state index contributed by atoms with van der Waals surface area (Å²) in [7, 11) is -5.72. The topological polar surface area (TPSA) is 210 Å². The summed E-state index contributed by atoms with van der Waals surface area (Å²) in [6, 6.07) is 0. The number of rotatable bonds is 37. The lowest BCUT2D eigenvalue weighted by Gasteiger charge is -2.41. The van der Waals surface area contributed by atoms with Crippen molar-refractivity contribution in [2.75, 3.05) is 13.2 Å². The molecular weight excluding hydrogens is 755 g/mol. The summed E-state index contributed by atoms with van der Waals surface area (Å²) in [5, 5.41) is 50.5. The Bertz CT molecular complexity index is 2340. The molecule has 0 amide bonds. The van der Waals surface area contributed by atoms with Gasteiger partial charge in [-0.25, -0.2) is 4.57 Å². The van der Waals surface area contributed by atoms with Gasteiger partial charge in [0.05, 0.1) is 6.61 Å². The number of esters is 2. The van der Waals surface area contributed by atoms with E-state index in [1.807, 2.05) is 0 Å². The first-order chi connectivity index (χ1) is 39.1. The third-order valence-electron chi connectivity index (χ3n) is 8.01. The number of carbonyl (C=O) groups is 2. The third-order valence-corrected chi connectivity index (χ3v) is 8.99. The SMILES string of the molecule is [2H]C([2H])([2H])C([2H])([2H])C([2H])([2H])C([2H])([2H])C([2H])([2H])C([2H])([2H])C([2H])([2H])C([2H])([2H])C([2H])([2H])C([2H])([2H])C([2H])([2H])C([2H])([2H])C([2H])([2H])C([2H])([2H])C([2H])([2H])C(=O)OC[C@H](COP(=O)(O)OC1C(O)C(O)C(O)C(O)C1O)OC(=O)CCCCCCC/C=C\CCCCCCCC. The van der Waals surface area contributed by atoms with Crippen LogP contribution in [0.5, 0.6) is 0 Å². The first kappa shape index (κ1) is 22.1. The van der Waals surface area contributed by atoms with Crippen LogP contribution in [0.2, 0.25) is 0 Å². The molecule has 1 aliphatic carbocycles. The van der Waals surface area contributed by atoms with Gasteiger partial charge in [-0.15, -0.1) is 0 Å². The zero-order chi connectivity index (χ0) is 69.8. The first-order valence-corrected chi connectivity index (χ1v) is 20.2. The van der Waals surface area contributed by atoms with Crippen molar-refractivity contribution in [3.63, 3.8) is 0 Å². The van der Waals surface area contributed by atoms with Crippen molar-refractivity contribution in [1.29, 1.82) is 0 Å². The number of hydrogen-bond acceptors (Lipinski definition) is 12. The normalized spacial score (nSPS) is 34.5. The van der Waals surface area contributed by atoms with Gasteiger partial charge in [0.1, 0.15) is 43.2 Å². The number of carbonyl (C=O) groups excluding carboxylic acids is 2. The van der Waals surface area contributed by atoms with Crippen molar-refractivity contribution in [1.82, 2.24) is 0 Å². The molecule has 336 valence electrons. The quantitative estimate of drug-likeness (QED) is 0.0151. The Hall–Kier alpha value is -1.41. The molecule has 0 heterocycles. The van der Waals surface area contributed by atoms with Crippen LogP contribution in [0, 0.1) is 0 Å². The molecule has 6 N–H and O–H groups in total. The molecule has 0 aromatic carbocycles. The third kappa shape index (κ3) is 27.1. The number of aliphatic hydroxyl groups excluding tert-OH is 5. The summed E-state index contributed by atoms with van der Waals surface area (Å²) in [5.41, 5.74) is 0. The number of allylic oxidation sites excluding steroid dienone is 2. The molecule has 0 saturated heterocycles. The molecule has 5 unspecified atom stereocenters. The molecule has 1 rings (SSSR count). The van der Waals surface area contributed by atoms with Gasteiger partial charge in [0.2, 0.25) is 0 Å². The van der Waals surface area contributed by atoms with E-state index in [9.17, 15) is 44.6 Å². The first-order valence-electron chi connectivity index (χ1n) is 34.2. The van der Waals surface area contributed by atoms with Gasteiger partial charge in [0.15, 0.2) is 6.10 Å². The largest absolute Gasteiger partial charge is 0.472 e. The molecule has 1 fully saturated rings. The molecule has 0 aliphatic heterocycles. The molecule has 14 heteroatoms. The minimum atomic E-state index is -5.72. The number of phosphoric ester groups is 1. The molecule has 0 bridgehead atoms. The summed E-state index contributed by atoms with van der Waals surface area (Å²) >= 11 is 0. The smallest absolute Gasteiger partial charge is 0.462 e. The number of hydrogen-bond donors (Lipinski definition) is 6. The van der Waals surface area contributed by atoms with E-state index in [0.717, 1.165) is 44.9 Å². The van der Waals surface area contributed by atoms with Crippen molar-refractivity contribution >= 4 is 19.8 Å². The van der Waals surface area contributed by atoms with Crippen LogP contribution >= 0.6 is 7.82 Å². The Morgan fingerprint density at radius 1 is 0.649 bits per heavy atom. The van der Waals surface area contributed by atoms with Gasteiger partial charge in [-0.1, -0.05) is 154 Å². The lowest BCUT2D eigenvalue weighted by molar-refractivity contribution is -0.220. The fourth-order valence-electron chi connectivity index (χ4n) is 5.01. The zero-order valence-corrected chi connectivity index (χ0v) is 32.9. The Balaban J connectivity index is 3.62. The minimum absolute atomic E-state index is 0.141. The fraction of sp³-hybridized carbons (Fsp3) is 0.907. The van der Waals surface area contributed by atoms with E-state index >= 15 is 0 Å². The van der Waals surface area contributed by atoms with Crippen molar-refractivity contribution in [2.45, 2.75) is 236 Å². The summed E-state index contributed by atoms with van der Waals surface area (Å²) in [4.78, 5) is 37.1. The number of ether oxygens (including phenoxy) is 2. The van der Waals surface area contributed by atoms with E-state index in [1.54, 1.807) is 0 Å². The number of phosphoric acid groups is 1. The highest BCUT2D eigenvalue weighted by Gasteiger charge is 2.51. The fourth-order valence-corrected chi connectivity index (χ4v) is 5.99. The predicted molar refractivity (Wildman–Crippen MR) is 221 cm³/mol. The van der Waals surface area contributed by atoms with Crippen LogP contribution in [0.15, 0.2) is 12.2 Å². The number of aliphatic hydroxyl groups is 5. The van der Waals surface area contributed by atoms with Crippen LogP contribution in [-0.4, -0.2) is 98.3 Å². The maximum atomic E-state index is 13.5. The molecule has 0 aromatic rings. The van der Waals surface area contributed by atoms with Gasteiger partial charge in [-0.2, -0.15) is 0 Å². The lowest BCUT2D eigenvalue weighted by atomic mass is 9.85. The van der Waals surface area contributed by atoms with Crippen LogP contribution in [0.3, 0.4) is 0 Å². The van der Waals surface area contributed by atoms with Crippen molar-refractivity contribution in [2.24, 2.45) is 0 Å². The zero-order valence-electron chi connectivity index (χ0n) is 63.0. The molecule has 1 aliphatic rings. The molecule has 6 atom stereocenters. The maximum absolute atomic E-state index is 13.5. The van der Waals surface area contributed by atoms with Crippen LogP contribution in [0.1, 0.15) is 235 Å². The minimum Gasteiger partial charge on any atom is -0.462 e. The van der Waals surface area contributed by atoms with Crippen molar-refractivity contribution in [3.8, 4) is 0 Å². The van der Waals surface area contributed by atoms with Crippen LogP contribution in [0.25, 0.3) is 0 Å². The Labute approximate surface area is 387 Å². The van der Waals surface area contributed by atoms with Gasteiger partial charge < -0.3 is 39.9 Å². The maximum Gasteiger partial charge on any atom is 0.472 e. The second kappa shape index (κ2) is 34.3. The van der Waals surface area contributed by atoms with Gasteiger partial charge in [-0.05, 0) is 38.5 Å². The molecular formula is C43H81O13P. The highest BCUT2D eigenvalue weighted by Crippen LogP contribution is 2.47. The highest BCUT2D eigenvalue weighted by atomic mass is 31.2. The van der Waals surface area contributed by atoms with Gasteiger partial charge in [0, 0.05) is 55.3 Å². The Morgan fingerprint density at radius 3 is 1.67 bits per heavy atom. The summed E-state index contributed by atoms with van der Waals surface area (Å²) in [6.45, 7) is -5.08. The standard InChI is InChI=1S/C43H81O13P/c1-3-5-7-9-11-13-15-17-18-20-22-24-26-28-30-32-37(45)55-35(34-54-57(51,52)56-43-41(49)39(47)38(46)40(48)42(43)50)33-53-36(44)31-29-27-25-23-21-19-16-14-12-10-8-6-4-2/h17-18,35,38-43,46-50H,3-16,19-34H2,1-2H3,(H,51,52)/b18-17-/t35-,38?,39?,40?,41?,42?,43?/m1/s1/i2D3,4D2,6D2,8D2,10D2,12D2,14D2,16D2,19D2,21D2,23D2,25D2,27D2,29D2,31D2. The average Bonchev–Trinajstić information content (AvgIpc) is 0.702. The van der Waals surface area contributed by atoms with E-state index in [-0.39, 0.29) is 6.42 Å². The van der Waals surface area contributed by atoms with Crippen LogP contribution in [-0.2, 0) is 32.7 Å². The summed E-state index contributed by atoms with van der Waals surface area (Å²) in [6.07, 6.45) is -71.7. The summed E-state index contributed by atoms with van der Waals surface area (Å²) in [5.74, 6) is -3.79. The summed E-state index contributed by atoms with van der Waals surface area (Å²) < 4.78 is 287. The van der Waals surface area contributed by atoms with E-state index in [2.05, 4.69) is 19.1 Å². The molecule has 0 spiro atoms. The van der Waals surface area contributed by atoms with Crippen molar-refractivity contribution < 1.29 is 106 Å². The Kier molecular flexibility index (Phi) is 13.3. The van der Waals surface area contributed by atoms with Crippen LogP contribution < -0.4 is 0 Å². The van der Waals surface area contributed by atoms with E-state index < -0.39 is 178 Å². The Morgan fingerprint density at radius 2 is 1.12 bits per heavy atom. The lowest BCUT2D eigenvalue weighted by Crippen LogP contribution is -2.64. The number of unbranched alkanes of at least 4 members (excludes halogenated alkanes) is 11. The van der Waals surface area contributed by atoms with Gasteiger partial charge in [-0.3, -0.25) is 18.6 Å². The average molecular weight is 868 g/mol. The molecule has 1 saturated carbocycles. The molecule has 57 heavy (non-hydrogen) atoms. The van der Waals surface area contributed by atoms with Crippen LogP contribution in [0.4, 0.5) is 0 Å².